The number of methoxy groups -OCH3 is 1. The Balaban J connectivity index is 1.44. The predicted octanol–water partition coefficient (Wildman–Crippen LogP) is 3.80. The van der Waals surface area contributed by atoms with Crippen LogP contribution >= 0.6 is 0 Å². The number of hydrogen-bond acceptors (Lipinski definition) is 11. The summed E-state index contributed by atoms with van der Waals surface area (Å²) in [7, 11) is -3.16. The number of hydroxylamine groups is 2. The van der Waals surface area contributed by atoms with Crippen molar-refractivity contribution in [2.24, 2.45) is 5.41 Å². The zero-order valence-corrected chi connectivity index (χ0v) is 24.7. The van der Waals surface area contributed by atoms with Gasteiger partial charge in [0.25, 0.3) is 10.0 Å². The minimum absolute atomic E-state index is 0.228. The average Bonchev–Trinajstić information content (AvgIpc) is 2.97. The van der Waals surface area contributed by atoms with Crippen molar-refractivity contribution in [1.82, 2.24) is 25.0 Å². The van der Waals surface area contributed by atoms with E-state index in [1.54, 1.807) is 38.0 Å². The molecule has 0 amide bonds. The average molecular weight is 614 g/mol. The summed E-state index contributed by atoms with van der Waals surface area (Å²) in [5.41, 5.74) is 0.693. The summed E-state index contributed by atoms with van der Waals surface area (Å²) in [4.78, 5) is 37.1. The summed E-state index contributed by atoms with van der Waals surface area (Å²) >= 11 is 0. The predicted molar refractivity (Wildman–Crippen MR) is 154 cm³/mol. The Morgan fingerprint density at radius 1 is 1.00 bits per heavy atom. The second-order valence-electron chi connectivity index (χ2n) is 10.8. The highest BCUT2D eigenvalue weighted by molar-refractivity contribution is 7.92. The maximum Gasteiger partial charge on any atom is 0.330 e. The van der Waals surface area contributed by atoms with E-state index in [0.717, 1.165) is 12.1 Å². The van der Waals surface area contributed by atoms with Crippen LogP contribution in [0, 0.1) is 17.0 Å². The van der Waals surface area contributed by atoms with Gasteiger partial charge in [0, 0.05) is 30.9 Å². The molecule has 12 nitrogen and oxygen atoms in total. The first-order valence-electron chi connectivity index (χ1n) is 13.2. The van der Waals surface area contributed by atoms with Crippen LogP contribution in [0.25, 0.3) is 22.3 Å². The molecule has 5 rings (SSSR count). The minimum atomic E-state index is -4.41. The molecule has 1 N–H and O–H groups in total. The molecule has 0 spiro atoms. The van der Waals surface area contributed by atoms with E-state index in [1.807, 2.05) is 4.90 Å². The van der Waals surface area contributed by atoms with Gasteiger partial charge in [-0.2, -0.15) is 0 Å². The fourth-order valence-electron chi connectivity index (χ4n) is 4.25. The monoisotopic (exact) mass is 613 g/mol. The molecule has 226 valence electrons. The van der Waals surface area contributed by atoms with E-state index >= 15 is 0 Å². The number of nitrogens with one attached hydrogen (secondary N) is 1. The summed E-state index contributed by atoms with van der Waals surface area (Å²) < 4.78 is 61.3. The Labute approximate surface area is 246 Å². The van der Waals surface area contributed by atoms with E-state index in [-0.39, 0.29) is 16.7 Å². The van der Waals surface area contributed by atoms with Crippen molar-refractivity contribution in [1.29, 1.82) is 0 Å². The Morgan fingerprint density at radius 3 is 2.42 bits per heavy atom. The molecule has 0 aliphatic carbocycles. The van der Waals surface area contributed by atoms with Gasteiger partial charge in [0.05, 0.1) is 42.5 Å². The van der Waals surface area contributed by atoms with Crippen LogP contribution in [0.3, 0.4) is 0 Å². The van der Waals surface area contributed by atoms with Crippen molar-refractivity contribution in [2.75, 3.05) is 42.9 Å². The molecule has 1 saturated heterocycles. The van der Waals surface area contributed by atoms with Crippen molar-refractivity contribution in [3.05, 3.63) is 60.6 Å². The van der Waals surface area contributed by atoms with Gasteiger partial charge in [0.2, 0.25) is 5.88 Å². The molecule has 15 heteroatoms. The topological polar surface area (TPSA) is 140 Å². The fraction of sp³-hybridized carbons (Fsp3) is 0.321. The van der Waals surface area contributed by atoms with Crippen molar-refractivity contribution >= 4 is 38.5 Å². The zero-order valence-electron chi connectivity index (χ0n) is 23.8. The quantitative estimate of drug-likeness (QED) is 0.326. The number of aromatic nitrogens is 4. The van der Waals surface area contributed by atoms with Crippen LogP contribution in [-0.4, -0.2) is 72.7 Å². The Morgan fingerprint density at radius 2 is 1.74 bits per heavy atom. The second kappa shape index (κ2) is 11.6. The lowest BCUT2D eigenvalue weighted by Crippen LogP contribution is -2.48. The van der Waals surface area contributed by atoms with Gasteiger partial charge in [-0.25, -0.2) is 41.9 Å². The highest BCUT2D eigenvalue weighted by Gasteiger charge is 2.29. The lowest BCUT2D eigenvalue weighted by Gasteiger charge is -2.35. The molecule has 0 saturated carbocycles. The molecular formula is C28H29F2N7O5S. The van der Waals surface area contributed by atoms with Gasteiger partial charge < -0.3 is 14.5 Å². The first-order chi connectivity index (χ1) is 20.4. The number of halogens is 2. The number of benzene rings is 1. The second-order valence-corrected chi connectivity index (χ2v) is 12.4. The Kier molecular flexibility index (Phi) is 8.12. The number of hydrogen-bond donors (Lipinski definition) is 1. The molecular weight excluding hydrogens is 584 g/mol. The minimum Gasteiger partial charge on any atom is -0.480 e. The summed E-state index contributed by atoms with van der Waals surface area (Å²) in [5, 5.41) is 1.63. The number of fused-ring (bicyclic) bond motifs is 1. The highest BCUT2D eigenvalue weighted by Crippen LogP contribution is 2.31. The van der Waals surface area contributed by atoms with Crippen molar-refractivity contribution in [3.8, 4) is 17.1 Å². The fourth-order valence-corrected chi connectivity index (χ4v) is 5.47. The molecule has 0 radical (unpaired) electrons. The summed E-state index contributed by atoms with van der Waals surface area (Å²) in [5.74, 6) is -1.90. The van der Waals surface area contributed by atoms with E-state index in [9.17, 15) is 22.0 Å². The van der Waals surface area contributed by atoms with Crippen molar-refractivity contribution in [2.45, 2.75) is 25.7 Å². The molecule has 1 aliphatic heterocycles. The van der Waals surface area contributed by atoms with Gasteiger partial charge in [0.15, 0.2) is 5.82 Å². The molecule has 4 aromatic rings. The van der Waals surface area contributed by atoms with E-state index in [4.69, 9.17) is 14.6 Å². The van der Waals surface area contributed by atoms with Crippen LogP contribution < -0.4 is 14.4 Å². The van der Waals surface area contributed by atoms with Crippen LogP contribution in [0.1, 0.15) is 20.8 Å². The number of piperazine rings is 1. The van der Waals surface area contributed by atoms with Gasteiger partial charge >= 0.3 is 5.97 Å². The summed E-state index contributed by atoms with van der Waals surface area (Å²) in [6.07, 6.45) is 2.83. The molecule has 43 heavy (non-hydrogen) atoms. The van der Waals surface area contributed by atoms with Crippen LogP contribution in [0.5, 0.6) is 5.88 Å². The number of sulfonamides is 1. The van der Waals surface area contributed by atoms with E-state index < -0.39 is 32.8 Å². The molecule has 0 bridgehead atoms. The van der Waals surface area contributed by atoms with E-state index in [1.165, 1.54) is 25.7 Å². The maximum absolute atomic E-state index is 14.2. The molecule has 3 aromatic heterocycles. The van der Waals surface area contributed by atoms with Gasteiger partial charge in [-0.05, 0) is 51.1 Å². The van der Waals surface area contributed by atoms with Gasteiger partial charge in [-0.3, -0.25) is 4.72 Å². The number of carbonyl (C=O) groups excluding carboxylic acids is 1. The molecule has 4 heterocycles. The van der Waals surface area contributed by atoms with Crippen molar-refractivity contribution in [3.63, 3.8) is 0 Å². The highest BCUT2D eigenvalue weighted by atomic mass is 32.2. The third-order valence-corrected chi connectivity index (χ3v) is 7.96. The lowest BCUT2D eigenvalue weighted by atomic mass is 9.98. The molecule has 0 unspecified atom stereocenters. The number of ether oxygens (including phenoxy) is 1. The first-order valence-corrected chi connectivity index (χ1v) is 14.7. The van der Waals surface area contributed by atoms with Crippen LogP contribution in [0.4, 0.5) is 20.3 Å². The lowest BCUT2D eigenvalue weighted by molar-refractivity contribution is -0.201. The zero-order chi connectivity index (χ0) is 30.9. The third kappa shape index (κ3) is 6.46. The summed E-state index contributed by atoms with van der Waals surface area (Å²) in [6, 6.07) is 7.18. The number of carbonyl (C=O) groups is 1. The number of nitrogens with zero attached hydrogens (tertiary/aromatic N) is 6. The largest absolute Gasteiger partial charge is 0.480 e. The maximum atomic E-state index is 14.2. The van der Waals surface area contributed by atoms with Crippen LogP contribution in [-0.2, 0) is 19.7 Å². The Bertz CT molecular complexity index is 1790. The number of anilines is 2. The molecule has 1 aromatic carbocycles. The molecule has 0 atom stereocenters. The normalized spacial score (nSPS) is 14.5. The SMILES string of the molecule is COc1ncc(-c2ccc3ncnc(N4CCN(OC(=O)C(C)(C)C)CC4)c3n2)cc1S(=O)(=O)Nc1ccc(F)cc1F. The van der Waals surface area contributed by atoms with Gasteiger partial charge in [-0.1, -0.05) is 0 Å². The molecule has 1 fully saturated rings. The van der Waals surface area contributed by atoms with Crippen LogP contribution in [0.15, 0.2) is 53.8 Å². The smallest absolute Gasteiger partial charge is 0.330 e. The third-order valence-electron chi connectivity index (χ3n) is 6.60. The summed E-state index contributed by atoms with van der Waals surface area (Å²) in [6.45, 7) is 7.30. The van der Waals surface area contributed by atoms with Crippen molar-refractivity contribution < 1.29 is 31.6 Å². The molecule has 1 aliphatic rings. The standard InChI is InChI=1S/C28H29F2N7O5S/c1-28(2,3)27(38)42-37-11-9-36(10-12-37)25-24-22(32-16-33-25)8-7-20(34-24)17-13-23(26(41-4)31-15-17)43(39,40)35-21-6-5-18(29)14-19(21)30/h5-8,13-16,35H,9-12H2,1-4H3. The van der Waals surface area contributed by atoms with Gasteiger partial charge in [0.1, 0.15) is 28.4 Å². The number of rotatable bonds is 7. The number of pyridine rings is 2. The Hall–Kier alpha value is -4.50. The van der Waals surface area contributed by atoms with Gasteiger partial charge in [-0.15, -0.1) is 5.06 Å². The van der Waals surface area contributed by atoms with Crippen LogP contribution in [0.2, 0.25) is 0 Å². The van der Waals surface area contributed by atoms with E-state index in [2.05, 4.69) is 19.7 Å². The first kappa shape index (κ1) is 30.0. The van der Waals surface area contributed by atoms with E-state index in [0.29, 0.717) is 60.4 Å².